The van der Waals surface area contributed by atoms with E-state index in [0.29, 0.717) is 5.56 Å². The summed E-state index contributed by atoms with van der Waals surface area (Å²) in [7, 11) is 0. The van der Waals surface area contributed by atoms with Crippen molar-refractivity contribution >= 4 is 16.8 Å². The van der Waals surface area contributed by atoms with Crippen molar-refractivity contribution in [2.24, 2.45) is 0 Å². The number of amides is 1. The third-order valence-corrected chi connectivity index (χ3v) is 3.21. The van der Waals surface area contributed by atoms with Crippen molar-refractivity contribution in [3.8, 4) is 0 Å². The van der Waals surface area contributed by atoms with Crippen LogP contribution < -0.4 is 10.6 Å². The molecule has 0 aliphatic carbocycles. The second-order valence-corrected chi connectivity index (χ2v) is 4.44. The van der Waals surface area contributed by atoms with Crippen LogP contribution in [0.4, 0.5) is 0 Å². The number of nitrogens with one attached hydrogen (secondary N) is 3. The van der Waals surface area contributed by atoms with Crippen LogP contribution in [0.15, 0.2) is 30.5 Å². The number of carbonyl (C=O) groups excluding carboxylic acids is 1. The molecule has 1 atom stereocenters. The number of aromatic nitrogens is 1. The zero-order chi connectivity index (χ0) is 11.7. The van der Waals surface area contributed by atoms with E-state index in [1.54, 1.807) is 0 Å². The first-order valence-electron chi connectivity index (χ1n) is 5.92. The van der Waals surface area contributed by atoms with Crippen molar-refractivity contribution in [1.29, 1.82) is 0 Å². The molecule has 3 rings (SSSR count). The summed E-state index contributed by atoms with van der Waals surface area (Å²) in [6.07, 6.45) is 2.89. The van der Waals surface area contributed by atoms with Crippen LogP contribution in [0.3, 0.4) is 0 Å². The van der Waals surface area contributed by atoms with E-state index in [1.165, 1.54) is 0 Å². The molecule has 1 aromatic carbocycles. The van der Waals surface area contributed by atoms with Gasteiger partial charge in [-0.15, -0.1) is 0 Å². The fourth-order valence-electron chi connectivity index (χ4n) is 2.24. The maximum absolute atomic E-state index is 12.0. The van der Waals surface area contributed by atoms with Gasteiger partial charge in [0, 0.05) is 29.9 Å². The Morgan fingerprint density at radius 2 is 2.29 bits per heavy atom. The summed E-state index contributed by atoms with van der Waals surface area (Å²) < 4.78 is 0. The Kier molecular flexibility index (Phi) is 2.57. The average Bonchev–Trinajstić information content (AvgIpc) is 2.97. The number of hydrogen-bond donors (Lipinski definition) is 3. The predicted molar refractivity (Wildman–Crippen MR) is 67.0 cm³/mol. The van der Waals surface area contributed by atoms with Gasteiger partial charge in [-0.25, -0.2) is 0 Å². The van der Waals surface area contributed by atoms with Crippen LogP contribution in [-0.2, 0) is 0 Å². The molecule has 4 nitrogen and oxygen atoms in total. The van der Waals surface area contributed by atoms with Gasteiger partial charge in [-0.1, -0.05) is 6.07 Å². The highest BCUT2D eigenvalue weighted by Crippen LogP contribution is 2.14. The fraction of sp³-hybridized carbons (Fsp3) is 0.308. The molecule has 3 N–H and O–H groups in total. The van der Waals surface area contributed by atoms with Gasteiger partial charge in [-0.05, 0) is 36.6 Å². The van der Waals surface area contributed by atoms with Gasteiger partial charge in [-0.2, -0.15) is 0 Å². The molecule has 0 spiro atoms. The Labute approximate surface area is 99.4 Å². The zero-order valence-electron chi connectivity index (χ0n) is 9.49. The fourth-order valence-corrected chi connectivity index (χ4v) is 2.24. The predicted octanol–water partition coefficient (Wildman–Crippen LogP) is 1.26. The van der Waals surface area contributed by atoms with Crippen molar-refractivity contribution in [1.82, 2.24) is 15.6 Å². The molecule has 88 valence electrons. The third-order valence-electron chi connectivity index (χ3n) is 3.21. The molecule has 1 aliphatic rings. The van der Waals surface area contributed by atoms with Crippen molar-refractivity contribution in [3.05, 3.63) is 36.0 Å². The highest BCUT2D eigenvalue weighted by Gasteiger charge is 2.17. The highest BCUT2D eigenvalue weighted by molar-refractivity contribution is 5.98. The number of carbonyl (C=O) groups is 1. The lowest BCUT2D eigenvalue weighted by molar-refractivity contribution is 0.0940. The van der Waals surface area contributed by atoms with Gasteiger partial charge in [0.2, 0.25) is 0 Å². The van der Waals surface area contributed by atoms with E-state index >= 15 is 0 Å². The molecule has 2 aromatic rings. The van der Waals surface area contributed by atoms with Crippen LogP contribution in [0.25, 0.3) is 10.9 Å². The molecule has 0 unspecified atom stereocenters. The Hall–Kier alpha value is -1.81. The number of fused-ring (bicyclic) bond motifs is 1. The van der Waals surface area contributed by atoms with Crippen molar-refractivity contribution < 1.29 is 4.79 Å². The van der Waals surface area contributed by atoms with Crippen molar-refractivity contribution in [2.75, 3.05) is 13.1 Å². The maximum atomic E-state index is 12.0. The molecule has 0 saturated carbocycles. The summed E-state index contributed by atoms with van der Waals surface area (Å²) in [5.74, 6) is 0.00944. The molecule has 2 heterocycles. The number of benzene rings is 1. The van der Waals surface area contributed by atoms with E-state index in [0.717, 1.165) is 30.4 Å². The van der Waals surface area contributed by atoms with E-state index in [9.17, 15) is 4.79 Å². The largest absolute Gasteiger partial charge is 0.361 e. The molecule has 1 saturated heterocycles. The maximum Gasteiger partial charge on any atom is 0.251 e. The van der Waals surface area contributed by atoms with Crippen LogP contribution in [0, 0.1) is 0 Å². The molecule has 0 radical (unpaired) electrons. The molecule has 17 heavy (non-hydrogen) atoms. The van der Waals surface area contributed by atoms with Crippen LogP contribution in [-0.4, -0.2) is 30.0 Å². The highest BCUT2D eigenvalue weighted by atomic mass is 16.1. The molecule has 1 aromatic heterocycles. The van der Waals surface area contributed by atoms with Crippen molar-refractivity contribution in [2.45, 2.75) is 12.5 Å². The minimum absolute atomic E-state index is 0.00944. The molecule has 1 aliphatic heterocycles. The first-order valence-corrected chi connectivity index (χ1v) is 5.92. The molecule has 0 bridgehead atoms. The quantitative estimate of drug-likeness (QED) is 0.726. The van der Waals surface area contributed by atoms with E-state index in [4.69, 9.17) is 0 Å². The summed E-state index contributed by atoms with van der Waals surface area (Å²) in [4.78, 5) is 15.1. The van der Waals surface area contributed by atoms with Gasteiger partial charge < -0.3 is 15.6 Å². The standard InChI is InChI=1S/C13H15N3O/c17-13(16-11-4-5-14-8-11)10-2-1-9-3-6-15-12(9)7-10/h1-3,6-7,11,14-15H,4-5,8H2,(H,16,17)/t11-/m0/s1. The van der Waals surface area contributed by atoms with E-state index in [1.807, 2.05) is 30.5 Å². The van der Waals surface area contributed by atoms with Gasteiger partial charge in [0.25, 0.3) is 5.91 Å². The lowest BCUT2D eigenvalue weighted by Crippen LogP contribution is -2.36. The Balaban J connectivity index is 1.79. The van der Waals surface area contributed by atoms with Crippen LogP contribution in [0.1, 0.15) is 16.8 Å². The van der Waals surface area contributed by atoms with Crippen LogP contribution in [0.5, 0.6) is 0 Å². The Bertz CT molecular complexity index is 540. The van der Waals surface area contributed by atoms with Gasteiger partial charge >= 0.3 is 0 Å². The Morgan fingerprint density at radius 3 is 3.12 bits per heavy atom. The normalized spacial score (nSPS) is 19.6. The molecular formula is C13H15N3O. The second-order valence-electron chi connectivity index (χ2n) is 4.44. The van der Waals surface area contributed by atoms with Gasteiger partial charge in [0.15, 0.2) is 0 Å². The summed E-state index contributed by atoms with van der Waals surface area (Å²) in [6, 6.07) is 7.99. The molecular weight excluding hydrogens is 214 g/mol. The lowest BCUT2D eigenvalue weighted by atomic mass is 10.1. The first kappa shape index (κ1) is 10.4. The third kappa shape index (κ3) is 2.03. The first-order chi connectivity index (χ1) is 8.33. The zero-order valence-corrected chi connectivity index (χ0v) is 9.49. The van der Waals surface area contributed by atoms with Gasteiger partial charge in [-0.3, -0.25) is 4.79 Å². The molecule has 1 fully saturated rings. The number of rotatable bonds is 2. The average molecular weight is 229 g/mol. The monoisotopic (exact) mass is 229 g/mol. The minimum atomic E-state index is 0.00944. The van der Waals surface area contributed by atoms with Gasteiger partial charge in [0.1, 0.15) is 0 Å². The smallest absolute Gasteiger partial charge is 0.251 e. The topological polar surface area (TPSA) is 56.9 Å². The van der Waals surface area contributed by atoms with E-state index < -0.39 is 0 Å². The number of H-pyrrole nitrogens is 1. The summed E-state index contributed by atoms with van der Waals surface area (Å²) in [5.41, 5.74) is 1.72. The minimum Gasteiger partial charge on any atom is -0.361 e. The molecule has 1 amide bonds. The molecule has 4 heteroatoms. The summed E-state index contributed by atoms with van der Waals surface area (Å²) in [5, 5.41) is 7.40. The summed E-state index contributed by atoms with van der Waals surface area (Å²) >= 11 is 0. The van der Waals surface area contributed by atoms with E-state index in [2.05, 4.69) is 15.6 Å². The van der Waals surface area contributed by atoms with E-state index in [-0.39, 0.29) is 11.9 Å². The number of aromatic amines is 1. The second kappa shape index (κ2) is 4.22. The lowest BCUT2D eigenvalue weighted by Gasteiger charge is -2.11. The van der Waals surface area contributed by atoms with Crippen LogP contribution >= 0.6 is 0 Å². The van der Waals surface area contributed by atoms with Gasteiger partial charge in [0.05, 0.1) is 0 Å². The Morgan fingerprint density at radius 1 is 1.35 bits per heavy atom. The summed E-state index contributed by atoms with van der Waals surface area (Å²) in [6.45, 7) is 1.86. The van der Waals surface area contributed by atoms with Crippen molar-refractivity contribution in [3.63, 3.8) is 0 Å². The number of hydrogen-bond acceptors (Lipinski definition) is 2. The SMILES string of the molecule is O=C(N[C@H]1CCNC1)c1ccc2cc[nH]c2c1. The van der Waals surface area contributed by atoms with Crippen LogP contribution in [0.2, 0.25) is 0 Å².